The Morgan fingerprint density at radius 3 is 3.00 bits per heavy atom. The number of nitrogens with one attached hydrogen (secondary N) is 1. The highest BCUT2D eigenvalue weighted by Gasteiger charge is 2.17. The maximum atomic E-state index is 11.6. The third kappa shape index (κ3) is 2.98. The molecule has 2 aromatic rings. The first-order valence-corrected chi connectivity index (χ1v) is 6.72. The van der Waals surface area contributed by atoms with Crippen LogP contribution in [0.4, 0.5) is 0 Å². The zero-order chi connectivity index (χ0) is 14.7. The lowest BCUT2D eigenvalue weighted by molar-refractivity contribution is -0.142. The standard InChI is InChI=1S/C11H10ClN3O4S/c12-9-7(15-3-4-20-11(15)14-9)1-2-8(17)13-6(5-16)10(18)19/h1-4,6,16H,5H2,(H,13,17)(H,18,19)/b2-1+. The number of aliphatic hydroxyl groups is 1. The van der Waals surface area contributed by atoms with Crippen LogP contribution in [-0.2, 0) is 9.59 Å². The van der Waals surface area contributed by atoms with Crippen molar-refractivity contribution in [3.63, 3.8) is 0 Å². The number of nitrogens with zero attached hydrogens (tertiary/aromatic N) is 2. The summed E-state index contributed by atoms with van der Waals surface area (Å²) in [7, 11) is 0. The molecule has 0 aliphatic heterocycles. The van der Waals surface area contributed by atoms with Gasteiger partial charge < -0.3 is 15.5 Å². The van der Waals surface area contributed by atoms with E-state index >= 15 is 0 Å². The molecule has 2 rings (SSSR count). The minimum absolute atomic E-state index is 0.248. The van der Waals surface area contributed by atoms with E-state index < -0.39 is 24.5 Å². The molecule has 1 amide bonds. The Morgan fingerprint density at radius 1 is 1.60 bits per heavy atom. The van der Waals surface area contributed by atoms with E-state index in [1.54, 1.807) is 10.6 Å². The second-order valence-electron chi connectivity index (χ2n) is 3.76. The average molecular weight is 316 g/mol. The van der Waals surface area contributed by atoms with E-state index in [4.69, 9.17) is 21.8 Å². The number of aliphatic carboxylic acids is 1. The van der Waals surface area contributed by atoms with Crippen molar-refractivity contribution in [2.75, 3.05) is 6.61 Å². The number of fused-ring (bicyclic) bond motifs is 1. The van der Waals surface area contributed by atoms with Gasteiger partial charge in [0.1, 0.15) is 0 Å². The Hall–Kier alpha value is -1.90. The Kier molecular flexibility index (Phi) is 4.38. The predicted octanol–water partition coefficient (Wildman–Crippen LogP) is 0.624. The number of imidazole rings is 1. The van der Waals surface area contributed by atoms with Crippen LogP contribution in [-0.4, -0.2) is 44.1 Å². The Bertz CT molecular complexity index is 678. The molecule has 0 aliphatic rings. The van der Waals surface area contributed by atoms with Gasteiger partial charge in [0.25, 0.3) is 0 Å². The molecule has 7 nitrogen and oxygen atoms in total. The van der Waals surface area contributed by atoms with E-state index in [9.17, 15) is 9.59 Å². The first-order valence-electron chi connectivity index (χ1n) is 5.46. The highest BCUT2D eigenvalue weighted by atomic mass is 35.5. The number of carbonyl (C=O) groups excluding carboxylic acids is 1. The molecule has 2 aromatic heterocycles. The molecule has 3 N–H and O–H groups in total. The summed E-state index contributed by atoms with van der Waals surface area (Å²) in [5.41, 5.74) is 0.522. The maximum absolute atomic E-state index is 11.6. The van der Waals surface area contributed by atoms with Gasteiger partial charge in [-0.2, -0.15) is 0 Å². The van der Waals surface area contributed by atoms with Crippen LogP contribution in [0.1, 0.15) is 5.69 Å². The number of halogens is 1. The summed E-state index contributed by atoms with van der Waals surface area (Å²) in [6.07, 6.45) is 4.32. The van der Waals surface area contributed by atoms with Gasteiger partial charge >= 0.3 is 5.97 Å². The first-order chi connectivity index (χ1) is 9.52. The fourth-order valence-electron chi connectivity index (χ4n) is 1.49. The third-order valence-electron chi connectivity index (χ3n) is 2.44. The van der Waals surface area contributed by atoms with Crippen LogP contribution >= 0.6 is 22.9 Å². The number of thiazole rings is 1. The van der Waals surface area contributed by atoms with Gasteiger partial charge in [-0.05, 0) is 6.08 Å². The summed E-state index contributed by atoms with van der Waals surface area (Å²) in [6.45, 7) is -0.683. The predicted molar refractivity (Wildman–Crippen MR) is 73.8 cm³/mol. The fourth-order valence-corrected chi connectivity index (χ4v) is 2.49. The van der Waals surface area contributed by atoms with Gasteiger partial charge in [-0.1, -0.05) is 11.6 Å². The van der Waals surface area contributed by atoms with Crippen LogP contribution in [0.5, 0.6) is 0 Å². The molecule has 0 aliphatic carbocycles. The number of aromatic nitrogens is 2. The molecule has 0 bridgehead atoms. The molecule has 0 saturated heterocycles. The van der Waals surface area contributed by atoms with Crippen molar-refractivity contribution in [1.29, 1.82) is 0 Å². The van der Waals surface area contributed by atoms with E-state index in [0.717, 1.165) is 6.08 Å². The van der Waals surface area contributed by atoms with Crippen LogP contribution in [0, 0.1) is 0 Å². The molecule has 0 spiro atoms. The lowest BCUT2D eigenvalue weighted by Gasteiger charge is -2.08. The average Bonchev–Trinajstić information content (AvgIpc) is 2.94. The number of carboxylic acids is 1. The molecule has 20 heavy (non-hydrogen) atoms. The Balaban J connectivity index is 2.12. The van der Waals surface area contributed by atoms with Gasteiger partial charge in [-0.15, -0.1) is 11.3 Å². The topological polar surface area (TPSA) is 104 Å². The molecular formula is C11H10ClN3O4S. The van der Waals surface area contributed by atoms with Crippen molar-refractivity contribution >= 4 is 45.9 Å². The van der Waals surface area contributed by atoms with E-state index in [-0.39, 0.29) is 5.15 Å². The summed E-state index contributed by atoms with van der Waals surface area (Å²) in [5, 5.41) is 21.7. The summed E-state index contributed by atoms with van der Waals surface area (Å²) in [5.74, 6) is -1.95. The number of carbonyl (C=O) groups is 2. The fraction of sp³-hybridized carbons (Fsp3) is 0.182. The second kappa shape index (κ2) is 6.04. The molecule has 106 valence electrons. The van der Waals surface area contributed by atoms with E-state index in [2.05, 4.69) is 10.3 Å². The van der Waals surface area contributed by atoms with Crippen LogP contribution in [0.15, 0.2) is 17.7 Å². The molecule has 0 radical (unpaired) electrons. The van der Waals surface area contributed by atoms with Gasteiger partial charge in [0.2, 0.25) is 5.91 Å². The van der Waals surface area contributed by atoms with Crippen molar-refractivity contribution in [2.45, 2.75) is 6.04 Å². The largest absolute Gasteiger partial charge is 0.480 e. The minimum Gasteiger partial charge on any atom is -0.480 e. The molecule has 1 atom stereocenters. The van der Waals surface area contributed by atoms with Crippen LogP contribution in [0.2, 0.25) is 5.15 Å². The van der Waals surface area contributed by atoms with Gasteiger partial charge in [0.15, 0.2) is 16.2 Å². The van der Waals surface area contributed by atoms with Crippen molar-refractivity contribution < 1.29 is 19.8 Å². The molecule has 9 heteroatoms. The van der Waals surface area contributed by atoms with Crippen molar-refractivity contribution in [3.05, 3.63) is 28.5 Å². The summed E-state index contributed by atoms with van der Waals surface area (Å²) in [4.78, 5) is 27.0. The molecule has 0 fully saturated rings. The number of hydrogen-bond acceptors (Lipinski definition) is 5. The molecule has 0 aromatic carbocycles. The summed E-state index contributed by atoms with van der Waals surface area (Å²) in [6, 6.07) is -1.34. The zero-order valence-electron chi connectivity index (χ0n) is 9.99. The number of amides is 1. The SMILES string of the molecule is O=C(/C=C/c1c(Cl)nc2sccn12)NC(CO)C(=O)O. The van der Waals surface area contributed by atoms with Gasteiger partial charge in [-0.3, -0.25) is 9.20 Å². The molecule has 1 unspecified atom stereocenters. The monoisotopic (exact) mass is 315 g/mol. The molecular weight excluding hydrogens is 306 g/mol. The smallest absolute Gasteiger partial charge is 0.328 e. The van der Waals surface area contributed by atoms with E-state index in [1.807, 2.05) is 5.38 Å². The zero-order valence-corrected chi connectivity index (χ0v) is 11.6. The van der Waals surface area contributed by atoms with Crippen molar-refractivity contribution in [2.24, 2.45) is 0 Å². The minimum atomic E-state index is -1.34. The second-order valence-corrected chi connectivity index (χ2v) is 4.99. The van der Waals surface area contributed by atoms with E-state index in [1.165, 1.54) is 17.4 Å². The number of aliphatic hydroxyl groups excluding tert-OH is 1. The van der Waals surface area contributed by atoms with Crippen molar-refractivity contribution in [1.82, 2.24) is 14.7 Å². The lowest BCUT2D eigenvalue weighted by atomic mass is 10.3. The van der Waals surface area contributed by atoms with Crippen LogP contribution < -0.4 is 5.32 Å². The maximum Gasteiger partial charge on any atom is 0.328 e. The number of carboxylic acid groups (broad SMARTS) is 1. The quantitative estimate of drug-likeness (QED) is 0.702. The third-order valence-corrected chi connectivity index (χ3v) is 3.48. The molecule has 2 heterocycles. The Labute approximate surface area is 122 Å². The van der Waals surface area contributed by atoms with E-state index in [0.29, 0.717) is 10.7 Å². The highest BCUT2D eigenvalue weighted by molar-refractivity contribution is 7.15. The molecule has 0 saturated carbocycles. The van der Waals surface area contributed by atoms with Gasteiger partial charge in [0, 0.05) is 17.7 Å². The van der Waals surface area contributed by atoms with Crippen molar-refractivity contribution in [3.8, 4) is 0 Å². The number of rotatable bonds is 5. The van der Waals surface area contributed by atoms with Crippen LogP contribution in [0.3, 0.4) is 0 Å². The summed E-state index contributed by atoms with van der Waals surface area (Å²) >= 11 is 7.33. The van der Waals surface area contributed by atoms with Gasteiger partial charge in [0.05, 0.1) is 12.3 Å². The highest BCUT2D eigenvalue weighted by Crippen LogP contribution is 2.22. The summed E-state index contributed by atoms with van der Waals surface area (Å²) < 4.78 is 1.71. The first kappa shape index (κ1) is 14.5. The Morgan fingerprint density at radius 2 is 2.35 bits per heavy atom. The normalized spacial score (nSPS) is 12.9. The lowest BCUT2D eigenvalue weighted by Crippen LogP contribution is -2.42. The van der Waals surface area contributed by atoms with Crippen LogP contribution in [0.25, 0.3) is 11.0 Å². The van der Waals surface area contributed by atoms with Gasteiger partial charge in [-0.25, -0.2) is 9.78 Å². The number of hydrogen-bond donors (Lipinski definition) is 3.